The average Bonchev–Trinajstić information content (AvgIpc) is 2.18. The normalized spacial score (nSPS) is 10.1. The Kier molecular flexibility index (Phi) is 2.41. The average molecular weight is 209 g/mol. The molecule has 0 radical (unpaired) electrons. The molecule has 0 spiro atoms. The first-order valence-corrected chi connectivity index (χ1v) is 4.36. The van der Waals surface area contributed by atoms with Crippen molar-refractivity contribution < 1.29 is 4.39 Å². The predicted octanol–water partition coefficient (Wildman–Crippen LogP) is 2.94. The Hall–Kier alpha value is -1.48. The van der Waals surface area contributed by atoms with Crippen LogP contribution < -0.4 is 0 Å². The molecule has 0 unspecified atom stereocenters. The first kappa shape index (κ1) is 9.09. The van der Waals surface area contributed by atoms with Crippen molar-refractivity contribution in [2.45, 2.75) is 0 Å². The molecule has 0 N–H and O–H groups in total. The molecule has 0 amide bonds. The van der Waals surface area contributed by atoms with Crippen LogP contribution in [0.4, 0.5) is 4.39 Å². The fraction of sp³-hybridized carbons (Fsp3) is 0. The van der Waals surface area contributed by atoms with Crippen LogP contribution in [0.15, 0.2) is 36.8 Å². The maximum absolute atomic E-state index is 12.9. The number of halogens is 2. The molecule has 0 saturated carbocycles. The zero-order chi connectivity index (χ0) is 9.97. The van der Waals surface area contributed by atoms with E-state index in [1.807, 2.05) is 0 Å². The Bertz CT molecular complexity index is 459. The summed E-state index contributed by atoms with van der Waals surface area (Å²) < 4.78 is 12.9. The first-order valence-electron chi connectivity index (χ1n) is 3.99. The van der Waals surface area contributed by atoms with Crippen molar-refractivity contribution in [3.8, 4) is 11.3 Å². The maximum Gasteiger partial charge on any atom is 0.123 e. The van der Waals surface area contributed by atoms with Crippen LogP contribution in [0, 0.1) is 5.82 Å². The van der Waals surface area contributed by atoms with E-state index in [1.54, 1.807) is 12.1 Å². The molecule has 2 aromatic rings. The van der Waals surface area contributed by atoms with Crippen LogP contribution in [-0.4, -0.2) is 9.97 Å². The molecule has 2 nitrogen and oxygen atoms in total. The largest absolute Gasteiger partial charge is 0.243 e. The second-order valence-corrected chi connectivity index (χ2v) is 3.14. The summed E-state index contributed by atoms with van der Waals surface area (Å²) in [5, 5.41) is 0.415. The van der Waals surface area contributed by atoms with Gasteiger partial charge in [-0.3, -0.25) is 0 Å². The summed E-state index contributed by atoms with van der Waals surface area (Å²) in [4.78, 5) is 7.74. The van der Waals surface area contributed by atoms with Gasteiger partial charge in [-0.05, 0) is 12.1 Å². The minimum Gasteiger partial charge on any atom is -0.243 e. The van der Waals surface area contributed by atoms with Gasteiger partial charge in [-0.25, -0.2) is 14.4 Å². The zero-order valence-corrected chi connectivity index (χ0v) is 7.87. The molecular weight excluding hydrogens is 203 g/mol. The molecule has 0 aliphatic carbocycles. The lowest BCUT2D eigenvalue weighted by Crippen LogP contribution is -1.86. The minimum absolute atomic E-state index is 0.308. The van der Waals surface area contributed by atoms with Gasteiger partial charge in [0.15, 0.2) is 0 Å². The standard InChI is InChI=1S/C10H6ClFN2/c11-9-5-13-6-14-10(9)7-2-1-3-8(12)4-7/h1-6H. The van der Waals surface area contributed by atoms with E-state index in [-0.39, 0.29) is 5.82 Å². The van der Waals surface area contributed by atoms with E-state index in [2.05, 4.69) is 9.97 Å². The van der Waals surface area contributed by atoms with Crippen LogP contribution >= 0.6 is 11.6 Å². The monoisotopic (exact) mass is 208 g/mol. The highest BCUT2D eigenvalue weighted by Gasteiger charge is 2.04. The van der Waals surface area contributed by atoms with Gasteiger partial charge in [0.05, 0.1) is 10.7 Å². The summed E-state index contributed by atoms with van der Waals surface area (Å²) in [5.74, 6) is -0.308. The Balaban J connectivity index is 2.55. The second-order valence-electron chi connectivity index (χ2n) is 2.73. The Morgan fingerprint density at radius 3 is 2.86 bits per heavy atom. The van der Waals surface area contributed by atoms with Gasteiger partial charge in [-0.15, -0.1) is 0 Å². The topological polar surface area (TPSA) is 25.8 Å². The van der Waals surface area contributed by atoms with Gasteiger partial charge >= 0.3 is 0 Å². The van der Waals surface area contributed by atoms with Gasteiger partial charge in [0.1, 0.15) is 12.1 Å². The van der Waals surface area contributed by atoms with Gasteiger partial charge < -0.3 is 0 Å². The fourth-order valence-corrected chi connectivity index (χ4v) is 1.38. The molecule has 4 heteroatoms. The van der Waals surface area contributed by atoms with Crippen LogP contribution in [0.3, 0.4) is 0 Å². The lowest BCUT2D eigenvalue weighted by atomic mass is 10.1. The number of aromatic nitrogens is 2. The first-order chi connectivity index (χ1) is 6.77. The maximum atomic E-state index is 12.9. The Morgan fingerprint density at radius 1 is 1.29 bits per heavy atom. The number of nitrogens with zero attached hydrogens (tertiary/aromatic N) is 2. The van der Waals surface area contributed by atoms with Crippen LogP contribution in [-0.2, 0) is 0 Å². The van der Waals surface area contributed by atoms with E-state index >= 15 is 0 Å². The Labute approximate surface area is 85.4 Å². The number of benzene rings is 1. The summed E-state index contributed by atoms with van der Waals surface area (Å²) in [7, 11) is 0. The lowest BCUT2D eigenvalue weighted by molar-refractivity contribution is 0.628. The molecule has 1 aromatic heterocycles. The van der Waals surface area contributed by atoms with Crippen molar-refractivity contribution in [2.75, 3.05) is 0 Å². The third kappa shape index (κ3) is 1.72. The molecule has 0 bridgehead atoms. The lowest BCUT2D eigenvalue weighted by Gasteiger charge is -2.01. The quantitative estimate of drug-likeness (QED) is 0.720. The summed E-state index contributed by atoms with van der Waals surface area (Å²) in [6.45, 7) is 0. The minimum atomic E-state index is -0.308. The molecule has 0 fully saturated rings. The Morgan fingerprint density at radius 2 is 2.14 bits per heavy atom. The molecule has 0 saturated heterocycles. The molecule has 0 aliphatic rings. The van der Waals surface area contributed by atoms with Crippen LogP contribution in [0.25, 0.3) is 11.3 Å². The van der Waals surface area contributed by atoms with Crippen molar-refractivity contribution >= 4 is 11.6 Å². The highest BCUT2D eigenvalue weighted by Crippen LogP contribution is 2.24. The van der Waals surface area contributed by atoms with E-state index in [4.69, 9.17) is 11.6 Å². The van der Waals surface area contributed by atoms with Gasteiger partial charge in [0.25, 0.3) is 0 Å². The molecule has 1 aromatic carbocycles. The number of hydrogen-bond acceptors (Lipinski definition) is 2. The molecule has 2 rings (SSSR count). The van der Waals surface area contributed by atoms with Crippen LogP contribution in [0.5, 0.6) is 0 Å². The third-order valence-corrected chi connectivity index (χ3v) is 2.04. The summed E-state index contributed by atoms with van der Waals surface area (Å²) in [6.07, 6.45) is 2.86. The van der Waals surface area contributed by atoms with E-state index < -0.39 is 0 Å². The van der Waals surface area contributed by atoms with E-state index in [1.165, 1.54) is 24.7 Å². The molecule has 14 heavy (non-hydrogen) atoms. The number of hydrogen-bond donors (Lipinski definition) is 0. The van der Waals surface area contributed by atoms with E-state index in [0.29, 0.717) is 16.3 Å². The third-order valence-electron chi connectivity index (χ3n) is 1.77. The second kappa shape index (κ2) is 3.72. The smallest absolute Gasteiger partial charge is 0.123 e. The van der Waals surface area contributed by atoms with Gasteiger partial charge in [-0.1, -0.05) is 23.7 Å². The van der Waals surface area contributed by atoms with Gasteiger partial charge in [-0.2, -0.15) is 0 Å². The van der Waals surface area contributed by atoms with E-state index in [0.717, 1.165) is 0 Å². The summed E-state index contributed by atoms with van der Waals surface area (Å²) in [6, 6.07) is 6.12. The molecule has 0 atom stereocenters. The molecule has 0 aliphatic heterocycles. The van der Waals surface area contributed by atoms with Crippen molar-refractivity contribution in [1.29, 1.82) is 0 Å². The molecule has 70 valence electrons. The summed E-state index contributed by atoms with van der Waals surface area (Å²) >= 11 is 5.86. The van der Waals surface area contributed by atoms with Crippen molar-refractivity contribution in [3.05, 3.63) is 47.6 Å². The van der Waals surface area contributed by atoms with E-state index in [9.17, 15) is 4.39 Å². The number of rotatable bonds is 1. The summed E-state index contributed by atoms with van der Waals surface area (Å²) in [5.41, 5.74) is 1.19. The van der Waals surface area contributed by atoms with Gasteiger partial charge in [0.2, 0.25) is 0 Å². The highest BCUT2D eigenvalue weighted by molar-refractivity contribution is 6.32. The SMILES string of the molecule is Fc1cccc(-c2ncncc2Cl)c1. The van der Waals surface area contributed by atoms with Gasteiger partial charge in [0, 0.05) is 11.8 Å². The fourth-order valence-electron chi connectivity index (χ4n) is 1.16. The predicted molar refractivity (Wildman–Crippen MR) is 52.4 cm³/mol. The molecule has 1 heterocycles. The molecular formula is C10H6ClFN2. The van der Waals surface area contributed by atoms with Crippen LogP contribution in [0.1, 0.15) is 0 Å². The van der Waals surface area contributed by atoms with Crippen molar-refractivity contribution in [2.24, 2.45) is 0 Å². The highest BCUT2D eigenvalue weighted by atomic mass is 35.5. The van der Waals surface area contributed by atoms with Crippen molar-refractivity contribution in [3.63, 3.8) is 0 Å². The van der Waals surface area contributed by atoms with Crippen molar-refractivity contribution in [1.82, 2.24) is 9.97 Å². The zero-order valence-electron chi connectivity index (χ0n) is 7.11. The van der Waals surface area contributed by atoms with Crippen LogP contribution in [0.2, 0.25) is 5.02 Å².